The minimum atomic E-state index is -0.698. The van der Waals surface area contributed by atoms with Crippen LogP contribution in [0, 0.1) is 11.6 Å². The molecular weight excluding hydrogens is 258 g/mol. The quantitative estimate of drug-likeness (QED) is 0.912. The average Bonchev–Trinajstić information content (AvgIpc) is 2.86. The third kappa shape index (κ3) is 3.62. The smallest absolute Gasteiger partial charge is 0.321 e. The van der Waals surface area contributed by atoms with Crippen LogP contribution in [0.2, 0.25) is 0 Å². The van der Waals surface area contributed by atoms with E-state index in [9.17, 15) is 13.6 Å². The molecule has 1 aromatic rings. The van der Waals surface area contributed by atoms with Crippen molar-refractivity contribution in [3.8, 4) is 0 Å². The molecule has 1 fully saturated rings. The number of likely N-dealkylation sites (N-methyl/N-ethyl adjacent to an activating group) is 1. The van der Waals surface area contributed by atoms with Crippen molar-refractivity contribution in [3.05, 3.63) is 29.8 Å². The maximum absolute atomic E-state index is 13.3. The predicted octanol–water partition coefficient (Wildman–Crippen LogP) is 1.80. The first kappa shape index (κ1) is 13.7. The lowest BCUT2D eigenvalue weighted by Crippen LogP contribution is -2.37. The molecule has 0 bridgehead atoms. The van der Waals surface area contributed by atoms with E-state index in [0.29, 0.717) is 13.2 Å². The monoisotopic (exact) mass is 272 g/mol. The molecule has 1 N–H and O–H groups in total. The largest absolute Gasteiger partial charge is 0.348 e. The topological polar surface area (TPSA) is 50.8 Å². The molecule has 104 valence electrons. The first-order valence-corrected chi connectivity index (χ1v) is 5.76. The Balaban J connectivity index is 1.93. The fourth-order valence-electron chi connectivity index (χ4n) is 1.62. The molecule has 0 atom stereocenters. The van der Waals surface area contributed by atoms with E-state index >= 15 is 0 Å². The third-order valence-electron chi connectivity index (χ3n) is 2.63. The summed E-state index contributed by atoms with van der Waals surface area (Å²) in [5, 5.41) is 2.29. The van der Waals surface area contributed by atoms with Gasteiger partial charge in [-0.2, -0.15) is 0 Å². The van der Waals surface area contributed by atoms with Crippen molar-refractivity contribution in [1.29, 1.82) is 0 Å². The zero-order chi connectivity index (χ0) is 13.8. The zero-order valence-corrected chi connectivity index (χ0v) is 10.4. The number of nitrogens with one attached hydrogen (secondary N) is 1. The molecule has 0 spiro atoms. The lowest BCUT2D eigenvalue weighted by Gasteiger charge is -2.20. The van der Waals surface area contributed by atoms with Gasteiger partial charge < -0.3 is 19.7 Å². The summed E-state index contributed by atoms with van der Waals surface area (Å²) >= 11 is 0. The van der Waals surface area contributed by atoms with Crippen molar-refractivity contribution >= 4 is 11.7 Å². The molecule has 1 aliphatic rings. The number of nitrogens with zero attached hydrogens (tertiary/aromatic N) is 1. The van der Waals surface area contributed by atoms with E-state index in [1.807, 2.05) is 0 Å². The summed E-state index contributed by atoms with van der Waals surface area (Å²) in [7, 11) is 1.51. The van der Waals surface area contributed by atoms with Gasteiger partial charge in [0, 0.05) is 13.1 Å². The van der Waals surface area contributed by atoms with E-state index in [1.54, 1.807) is 0 Å². The normalized spacial score (nSPS) is 15.5. The highest BCUT2D eigenvalue weighted by atomic mass is 19.1. The third-order valence-corrected chi connectivity index (χ3v) is 2.63. The molecule has 2 amide bonds. The molecule has 0 aliphatic carbocycles. The second kappa shape index (κ2) is 5.94. The summed E-state index contributed by atoms with van der Waals surface area (Å²) in [6.07, 6.45) is -0.479. The van der Waals surface area contributed by atoms with Gasteiger partial charge in [0.1, 0.15) is 11.6 Å². The van der Waals surface area contributed by atoms with Crippen molar-refractivity contribution in [1.82, 2.24) is 4.90 Å². The van der Waals surface area contributed by atoms with Crippen molar-refractivity contribution in [2.45, 2.75) is 6.29 Å². The Hall–Kier alpha value is -1.73. The zero-order valence-electron chi connectivity index (χ0n) is 10.4. The highest BCUT2D eigenvalue weighted by Crippen LogP contribution is 2.16. The van der Waals surface area contributed by atoms with E-state index in [-0.39, 0.29) is 12.2 Å². The number of anilines is 1. The summed E-state index contributed by atoms with van der Waals surface area (Å²) in [6.45, 7) is 1.18. The van der Waals surface area contributed by atoms with Crippen LogP contribution in [0.15, 0.2) is 18.2 Å². The molecule has 0 unspecified atom stereocenters. The second-order valence-corrected chi connectivity index (χ2v) is 4.11. The molecule has 7 heteroatoms. The van der Waals surface area contributed by atoms with Crippen LogP contribution in [0.4, 0.5) is 19.3 Å². The predicted molar refractivity (Wildman–Crippen MR) is 63.7 cm³/mol. The van der Waals surface area contributed by atoms with E-state index in [4.69, 9.17) is 9.47 Å². The molecule has 5 nitrogen and oxygen atoms in total. The van der Waals surface area contributed by atoms with E-state index < -0.39 is 24.0 Å². The molecule has 0 aromatic heterocycles. The van der Waals surface area contributed by atoms with Crippen LogP contribution < -0.4 is 5.32 Å². The summed E-state index contributed by atoms with van der Waals surface area (Å²) in [5.41, 5.74) is -0.204. The molecule has 1 heterocycles. The first-order chi connectivity index (χ1) is 9.06. The summed E-state index contributed by atoms with van der Waals surface area (Å²) in [4.78, 5) is 13.1. The number of carbonyl (C=O) groups is 1. The van der Waals surface area contributed by atoms with Crippen LogP contribution in [0.3, 0.4) is 0 Å². The van der Waals surface area contributed by atoms with E-state index in [1.165, 1.54) is 11.9 Å². The molecule has 0 radical (unpaired) electrons. The van der Waals surface area contributed by atoms with Crippen LogP contribution in [0.5, 0.6) is 0 Å². The number of hydrogen-bond acceptors (Lipinski definition) is 3. The van der Waals surface area contributed by atoms with Gasteiger partial charge >= 0.3 is 6.03 Å². The molecule has 1 aliphatic heterocycles. The highest BCUT2D eigenvalue weighted by molar-refractivity contribution is 5.89. The molecule has 0 saturated carbocycles. The molecular formula is C12H14F2N2O3. The Morgan fingerprint density at radius 1 is 1.42 bits per heavy atom. The number of rotatable bonds is 3. The van der Waals surface area contributed by atoms with Crippen molar-refractivity contribution in [2.75, 3.05) is 32.1 Å². The van der Waals surface area contributed by atoms with Gasteiger partial charge in [0.15, 0.2) is 6.29 Å². The Kier molecular flexibility index (Phi) is 4.28. The van der Waals surface area contributed by atoms with Crippen LogP contribution in [0.25, 0.3) is 0 Å². The number of benzene rings is 1. The number of amides is 2. The van der Waals surface area contributed by atoms with E-state index in [2.05, 4.69) is 5.32 Å². The van der Waals surface area contributed by atoms with Crippen LogP contribution >= 0.6 is 0 Å². The summed E-state index contributed by atoms with van der Waals surface area (Å²) < 4.78 is 36.7. The van der Waals surface area contributed by atoms with Crippen molar-refractivity contribution < 1.29 is 23.0 Å². The van der Waals surface area contributed by atoms with Gasteiger partial charge in [0.05, 0.1) is 25.4 Å². The fraction of sp³-hybridized carbons (Fsp3) is 0.417. The van der Waals surface area contributed by atoms with Gasteiger partial charge in [-0.15, -0.1) is 0 Å². The second-order valence-electron chi connectivity index (χ2n) is 4.11. The minimum Gasteiger partial charge on any atom is -0.348 e. The van der Waals surface area contributed by atoms with Crippen molar-refractivity contribution in [3.63, 3.8) is 0 Å². The summed E-state index contributed by atoms with van der Waals surface area (Å²) in [6, 6.07) is 2.29. The van der Waals surface area contributed by atoms with Gasteiger partial charge in [-0.3, -0.25) is 0 Å². The van der Waals surface area contributed by atoms with Gasteiger partial charge in [-0.25, -0.2) is 13.6 Å². The lowest BCUT2D eigenvalue weighted by atomic mass is 10.3. The number of hydrogen-bond donors (Lipinski definition) is 1. The van der Waals surface area contributed by atoms with E-state index in [0.717, 1.165) is 18.2 Å². The number of ether oxygens (including phenoxy) is 2. The van der Waals surface area contributed by atoms with Gasteiger partial charge in [0.2, 0.25) is 0 Å². The van der Waals surface area contributed by atoms with Crippen LogP contribution in [-0.4, -0.2) is 44.0 Å². The fourth-order valence-corrected chi connectivity index (χ4v) is 1.62. The Labute approximate surface area is 109 Å². The maximum atomic E-state index is 13.3. The molecule has 19 heavy (non-hydrogen) atoms. The van der Waals surface area contributed by atoms with Crippen LogP contribution in [0.1, 0.15) is 0 Å². The Bertz CT molecular complexity index is 464. The Morgan fingerprint density at radius 3 is 2.79 bits per heavy atom. The molecule has 2 rings (SSSR count). The summed E-state index contributed by atoms with van der Waals surface area (Å²) in [5.74, 6) is -1.32. The molecule has 1 saturated heterocycles. The average molecular weight is 272 g/mol. The maximum Gasteiger partial charge on any atom is 0.321 e. The molecule has 1 aromatic carbocycles. The SMILES string of the molecule is CN(CC1OCCO1)C(=O)Nc1cc(F)ccc1F. The standard InChI is InChI=1S/C12H14F2N2O3/c1-16(7-11-18-4-5-19-11)12(17)15-10-6-8(13)2-3-9(10)14/h2-3,6,11H,4-5,7H2,1H3,(H,15,17). The van der Waals surface area contributed by atoms with Gasteiger partial charge in [0.25, 0.3) is 0 Å². The lowest BCUT2D eigenvalue weighted by molar-refractivity contribution is -0.0518. The number of carbonyl (C=O) groups excluding carboxylic acids is 1. The van der Waals surface area contributed by atoms with Gasteiger partial charge in [-0.1, -0.05) is 0 Å². The van der Waals surface area contributed by atoms with Crippen molar-refractivity contribution in [2.24, 2.45) is 0 Å². The number of urea groups is 1. The minimum absolute atomic E-state index is 0.204. The number of halogens is 2. The van der Waals surface area contributed by atoms with Gasteiger partial charge in [-0.05, 0) is 12.1 Å². The Morgan fingerprint density at radius 2 is 2.11 bits per heavy atom. The highest BCUT2D eigenvalue weighted by Gasteiger charge is 2.21. The van der Waals surface area contributed by atoms with Crippen LogP contribution in [-0.2, 0) is 9.47 Å². The first-order valence-electron chi connectivity index (χ1n) is 5.76.